The minimum Gasteiger partial charge on any atom is -0.382 e. The lowest BCUT2D eigenvalue weighted by molar-refractivity contribution is 0.0435. The molecule has 128 valence electrons. The SMILES string of the molecule is CCCCSC[C@@](O)(Cn1ccnc1)c1ccc(Cl)cc1Cl.Cl. The van der Waals surface area contributed by atoms with Gasteiger partial charge < -0.3 is 9.67 Å². The van der Waals surface area contributed by atoms with Gasteiger partial charge in [0, 0.05) is 33.8 Å². The predicted molar refractivity (Wildman–Crippen MR) is 102 cm³/mol. The molecule has 1 aromatic carbocycles. The van der Waals surface area contributed by atoms with Gasteiger partial charge in [-0.15, -0.1) is 12.4 Å². The van der Waals surface area contributed by atoms with Crippen LogP contribution < -0.4 is 0 Å². The van der Waals surface area contributed by atoms with Gasteiger partial charge in [-0.1, -0.05) is 42.6 Å². The number of hydrogen-bond donors (Lipinski definition) is 1. The van der Waals surface area contributed by atoms with Crippen LogP contribution in [0.5, 0.6) is 0 Å². The molecule has 1 N–H and O–H groups in total. The lowest BCUT2D eigenvalue weighted by Gasteiger charge is -2.30. The summed E-state index contributed by atoms with van der Waals surface area (Å²) in [5, 5.41) is 12.3. The van der Waals surface area contributed by atoms with Crippen molar-refractivity contribution in [3.8, 4) is 0 Å². The molecule has 1 aromatic heterocycles. The number of aliphatic hydroxyl groups is 1. The second kappa shape index (κ2) is 9.80. The van der Waals surface area contributed by atoms with Gasteiger partial charge >= 0.3 is 0 Å². The average Bonchev–Trinajstić information content (AvgIpc) is 2.96. The second-order valence-electron chi connectivity index (χ2n) is 5.30. The van der Waals surface area contributed by atoms with E-state index in [0.717, 1.165) is 18.6 Å². The van der Waals surface area contributed by atoms with E-state index in [9.17, 15) is 5.11 Å². The first-order chi connectivity index (χ1) is 10.5. The molecule has 0 radical (unpaired) electrons. The molecule has 0 saturated carbocycles. The summed E-state index contributed by atoms with van der Waals surface area (Å²) in [6.07, 6.45) is 7.53. The number of aromatic nitrogens is 2. The molecule has 0 saturated heterocycles. The molecule has 0 aliphatic carbocycles. The summed E-state index contributed by atoms with van der Waals surface area (Å²) >= 11 is 14.0. The number of thioether (sulfide) groups is 1. The van der Waals surface area contributed by atoms with Crippen molar-refractivity contribution >= 4 is 47.4 Å². The van der Waals surface area contributed by atoms with Crippen LogP contribution in [0.4, 0.5) is 0 Å². The number of benzene rings is 1. The van der Waals surface area contributed by atoms with E-state index in [1.54, 1.807) is 36.4 Å². The molecule has 0 amide bonds. The smallest absolute Gasteiger partial charge is 0.118 e. The standard InChI is InChI=1S/C16H20Cl2N2OS.ClH/c1-2-3-8-22-11-16(21,10-20-7-6-19-12-20)14-5-4-13(17)9-15(14)18;/h4-7,9,12,21H,2-3,8,10-11H2,1H3;1H/t16-;/m0./s1. The molecule has 1 atom stereocenters. The first kappa shape index (κ1) is 20.7. The number of rotatable bonds is 8. The summed E-state index contributed by atoms with van der Waals surface area (Å²) in [5.74, 6) is 1.60. The molecule has 0 fully saturated rings. The van der Waals surface area contributed by atoms with Crippen LogP contribution in [0.1, 0.15) is 25.3 Å². The molecule has 7 heteroatoms. The summed E-state index contributed by atoms with van der Waals surface area (Å²) in [5.41, 5.74) is -0.350. The van der Waals surface area contributed by atoms with Gasteiger partial charge in [-0.25, -0.2) is 4.98 Å². The molecule has 2 aromatic rings. The first-order valence-corrected chi connectivity index (χ1v) is 9.17. The molecule has 3 nitrogen and oxygen atoms in total. The minimum atomic E-state index is -1.05. The van der Waals surface area contributed by atoms with Crippen LogP contribution in [-0.4, -0.2) is 26.2 Å². The van der Waals surface area contributed by atoms with Gasteiger partial charge in [-0.2, -0.15) is 11.8 Å². The summed E-state index contributed by atoms with van der Waals surface area (Å²) < 4.78 is 1.87. The third kappa shape index (κ3) is 5.87. The number of nitrogens with zero attached hydrogens (tertiary/aromatic N) is 2. The zero-order valence-corrected chi connectivity index (χ0v) is 16.1. The molecule has 0 aliphatic heterocycles. The van der Waals surface area contributed by atoms with Crippen molar-refractivity contribution in [3.05, 3.63) is 52.5 Å². The van der Waals surface area contributed by atoms with Crippen molar-refractivity contribution in [1.29, 1.82) is 0 Å². The second-order valence-corrected chi connectivity index (χ2v) is 7.25. The molecule has 0 spiro atoms. The van der Waals surface area contributed by atoms with E-state index in [-0.39, 0.29) is 12.4 Å². The Hall–Kier alpha value is -0.390. The zero-order chi connectivity index (χ0) is 16.0. The fourth-order valence-corrected chi connectivity index (χ4v) is 4.05. The van der Waals surface area contributed by atoms with Crippen molar-refractivity contribution in [1.82, 2.24) is 9.55 Å². The van der Waals surface area contributed by atoms with Crippen LogP contribution in [0.15, 0.2) is 36.9 Å². The fraction of sp³-hybridized carbons (Fsp3) is 0.438. The maximum atomic E-state index is 11.2. The van der Waals surface area contributed by atoms with Crippen molar-refractivity contribution in [3.63, 3.8) is 0 Å². The summed E-state index contributed by atoms with van der Waals surface area (Å²) in [4.78, 5) is 4.04. The average molecular weight is 396 g/mol. The van der Waals surface area contributed by atoms with Crippen LogP contribution in [0.3, 0.4) is 0 Å². The molecule has 0 bridgehead atoms. The van der Waals surface area contributed by atoms with E-state index < -0.39 is 5.60 Å². The number of imidazole rings is 1. The number of hydrogen-bond acceptors (Lipinski definition) is 3. The van der Waals surface area contributed by atoms with Crippen LogP contribution in [0, 0.1) is 0 Å². The van der Waals surface area contributed by atoms with Crippen LogP contribution in [0.2, 0.25) is 10.0 Å². The van der Waals surface area contributed by atoms with Crippen molar-refractivity contribution in [2.45, 2.75) is 31.9 Å². The highest BCUT2D eigenvalue weighted by Gasteiger charge is 2.32. The Kier molecular flexibility index (Phi) is 8.80. The summed E-state index contributed by atoms with van der Waals surface area (Å²) in [6.45, 7) is 2.57. The van der Waals surface area contributed by atoms with Gasteiger partial charge in [-0.05, 0) is 24.3 Å². The summed E-state index contributed by atoms with van der Waals surface area (Å²) in [7, 11) is 0. The highest BCUT2D eigenvalue weighted by Crippen LogP contribution is 2.34. The monoisotopic (exact) mass is 394 g/mol. The van der Waals surface area contributed by atoms with Gasteiger partial charge in [-0.3, -0.25) is 0 Å². The predicted octanol–water partition coefficient (Wildman–Crippen LogP) is 5.03. The number of halogens is 3. The normalized spacial score (nSPS) is 13.4. The van der Waals surface area contributed by atoms with E-state index in [2.05, 4.69) is 11.9 Å². The van der Waals surface area contributed by atoms with E-state index >= 15 is 0 Å². The quantitative estimate of drug-likeness (QED) is 0.637. The van der Waals surface area contributed by atoms with Crippen LogP contribution in [-0.2, 0) is 12.1 Å². The van der Waals surface area contributed by atoms with Gasteiger partial charge in [0.15, 0.2) is 0 Å². The first-order valence-electron chi connectivity index (χ1n) is 7.26. The molecular formula is C16H21Cl3N2OS. The van der Waals surface area contributed by atoms with Gasteiger partial charge in [0.1, 0.15) is 5.60 Å². The molecule has 2 rings (SSSR count). The molecule has 23 heavy (non-hydrogen) atoms. The van der Waals surface area contributed by atoms with E-state index in [1.807, 2.05) is 16.8 Å². The topological polar surface area (TPSA) is 38.0 Å². The Morgan fingerprint density at radius 3 is 2.74 bits per heavy atom. The summed E-state index contributed by atoms with van der Waals surface area (Å²) in [6, 6.07) is 5.24. The van der Waals surface area contributed by atoms with Gasteiger partial charge in [0.25, 0.3) is 0 Å². The Labute approximate surface area is 157 Å². The van der Waals surface area contributed by atoms with Gasteiger partial charge in [0.05, 0.1) is 12.9 Å². The number of unbranched alkanes of at least 4 members (excludes halogenated alkanes) is 1. The lowest BCUT2D eigenvalue weighted by Crippen LogP contribution is -2.34. The largest absolute Gasteiger partial charge is 0.382 e. The molecule has 0 aliphatic rings. The Bertz CT molecular complexity index is 595. The third-order valence-electron chi connectivity index (χ3n) is 3.42. The van der Waals surface area contributed by atoms with Crippen molar-refractivity contribution < 1.29 is 5.11 Å². The third-order valence-corrected chi connectivity index (χ3v) is 5.23. The van der Waals surface area contributed by atoms with E-state index in [1.165, 1.54) is 0 Å². The maximum Gasteiger partial charge on any atom is 0.118 e. The Morgan fingerprint density at radius 2 is 2.13 bits per heavy atom. The Morgan fingerprint density at radius 1 is 1.35 bits per heavy atom. The van der Waals surface area contributed by atoms with Crippen LogP contribution >= 0.6 is 47.4 Å². The van der Waals surface area contributed by atoms with E-state index in [4.69, 9.17) is 23.2 Å². The van der Waals surface area contributed by atoms with Gasteiger partial charge in [0.2, 0.25) is 0 Å². The van der Waals surface area contributed by atoms with Crippen molar-refractivity contribution in [2.75, 3.05) is 11.5 Å². The van der Waals surface area contributed by atoms with E-state index in [0.29, 0.717) is 27.9 Å². The lowest BCUT2D eigenvalue weighted by atomic mass is 9.95. The Balaban J connectivity index is 0.00000264. The fourth-order valence-electron chi connectivity index (χ4n) is 2.25. The maximum absolute atomic E-state index is 11.2. The van der Waals surface area contributed by atoms with Crippen molar-refractivity contribution in [2.24, 2.45) is 0 Å². The van der Waals surface area contributed by atoms with Crippen LogP contribution in [0.25, 0.3) is 0 Å². The molecule has 1 heterocycles. The minimum absolute atomic E-state index is 0. The highest BCUT2D eigenvalue weighted by molar-refractivity contribution is 7.99. The molecule has 0 unspecified atom stereocenters. The molecular weight excluding hydrogens is 375 g/mol. The zero-order valence-electron chi connectivity index (χ0n) is 12.9. The highest BCUT2D eigenvalue weighted by atomic mass is 35.5.